The summed E-state index contributed by atoms with van der Waals surface area (Å²) in [7, 11) is 6.44. The van der Waals surface area contributed by atoms with Crippen LogP contribution in [0.2, 0.25) is 0 Å². The van der Waals surface area contributed by atoms with Gasteiger partial charge < -0.3 is 0 Å². The molecule has 1 aliphatic rings. The predicted octanol–water partition coefficient (Wildman–Crippen LogP) is 3.44. The molecular weight excluding hydrogens is 124 g/mol. The predicted molar refractivity (Wildman–Crippen MR) is 27.7 cm³/mol. The van der Waals surface area contributed by atoms with E-state index in [0.29, 0.717) is 0 Å². The molecule has 0 radical (unpaired) electrons. The maximum Gasteiger partial charge on any atom is 0 e. The minimum absolute atomic E-state index is 1.61. The summed E-state index contributed by atoms with van der Waals surface area (Å²) >= 11 is 0. The fourth-order valence-electron chi connectivity index (χ4n) is 0.0400. The lowest BCUT2D eigenvalue weighted by molar-refractivity contribution is 5.21. The molecule has 0 saturated heterocycles. The van der Waals surface area contributed by atoms with Crippen molar-refractivity contribution in [2.45, 2.75) is 0 Å². The maximum absolute atomic E-state index is 1.61. The van der Waals surface area contributed by atoms with E-state index in [-0.39, 0.29) is 0 Å². The molecular formula is P4. The summed E-state index contributed by atoms with van der Waals surface area (Å²) in [5, 5.41) is 0. The lowest BCUT2D eigenvalue weighted by atomic mass is 29.3. The highest BCUT2D eigenvalue weighted by Crippen LogP contribution is 2.57. The average Bonchev–Trinajstić information content (AvgIpc) is 0.722. The molecule has 0 fully saturated rings. The Morgan fingerprint density at radius 2 is 0.750 bits per heavy atom. The Morgan fingerprint density at radius 1 is 0.500 bits per heavy atom. The van der Waals surface area contributed by atoms with Gasteiger partial charge in [0.2, 0.25) is 0 Å². The van der Waals surface area contributed by atoms with E-state index in [1.807, 2.05) is 0 Å². The van der Waals surface area contributed by atoms with Crippen LogP contribution in [-0.4, -0.2) is 0 Å². The quantitative estimate of drug-likeness (QED) is 0.433. The topological polar surface area (TPSA) is 0 Å². The van der Waals surface area contributed by atoms with Crippen LogP contribution in [-0.2, 0) is 0 Å². The monoisotopic (exact) mass is 124 g/mol. The van der Waals surface area contributed by atoms with E-state index in [0.717, 1.165) is 0 Å². The van der Waals surface area contributed by atoms with Crippen LogP contribution < -0.4 is 0 Å². The SMILES string of the molecule is P1=PP=P1. The summed E-state index contributed by atoms with van der Waals surface area (Å²) in [4.78, 5) is 0. The summed E-state index contributed by atoms with van der Waals surface area (Å²) < 4.78 is 0. The molecule has 1 aliphatic heterocycles. The molecule has 0 aliphatic carbocycles. The average molecular weight is 124 g/mol. The maximum atomic E-state index is 1.61. The molecule has 0 spiro atoms. The Morgan fingerprint density at radius 3 is 0.750 bits per heavy atom. The van der Waals surface area contributed by atoms with Crippen LogP contribution in [0.15, 0.2) is 0 Å². The third kappa shape index (κ3) is 0.573. The number of hydrogen-bond acceptors (Lipinski definition) is 0. The van der Waals surface area contributed by atoms with Crippen molar-refractivity contribution in [3.8, 4) is 0 Å². The van der Waals surface area contributed by atoms with E-state index < -0.39 is 0 Å². The molecule has 4 heavy (non-hydrogen) atoms. The molecule has 0 aromatic rings. The summed E-state index contributed by atoms with van der Waals surface area (Å²) in [6.45, 7) is 0. The first-order chi connectivity index (χ1) is 2.00. The van der Waals surface area contributed by atoms with Gasteiger partial charge in [-0.1, -0.05) is 0 Å². The normalized spacial score (nSPS) is 32.0. The number of rotatable bonds is 0. The van der Waals surface area contributed by atoms with E-state index in [9.17, 15) is 0 Å². The summed E-state index contributed by atoms with van der Waals surface area (Å²) in [5.41, 5.74) is 0. The van der Waals surface area contributed by atoms with E-state index >= 15 is 0 Å². The van der Waals surface area contributed by atoms with Gasteiger partial charge in [0.05, 0.1) is 0 Å². The lowest BCUT2D eigenvalue weighted by Gasteiger charge is -1.71. The van der Waals surface area contributed by atoms with Gasteiger partial charge in [0.15, 0.2) is 0 Å². The first kappa shape index (κ1) is 3.39. The van der Waals surface area contributed by atoms with Crippen LogP contribution in [0.25, 0.3) is 0 Å². The third-order valence-electron chi connectivity index (χ3n) is 0.160. The molecule has 0 bridgehead atoms. The van der Waals surface area contributed by atoms with Crippen molar-refractivity contribution in [3.05, 3.63) is 0 Å². The highest BCUT2D eigenvalue weighted by molar-refractivity contribution is 8.63. The number of hydrogen-bond donors (Lipinski definition) is 0. The molecule has 0 aromatic carbocycles. The first-order valence-corrected chi connectivity index (χ1v) is 7.20. The second-order valence-electron chi connectivity index (χ2n) is 0.358. The zero-order valence-electron chi connectivity index (χ0n) is 1.79. The summed E-state index contributed by atoms with van der Waals surface area (Å²) in [5.74, 6) is 0. The molecule has 0 unspecified atom stereocenters. The lowest BCUT2D eigenvalue weighted by Crippen LogP contribution is -0.845. The Balaban J connectivity index is 2.67. The summed E-state index contributed by atoms with van der Waals surface area (Å²) in [6, 6.07) is 0. The highest BCUT2D eigenvalue weighted by Gasteiger charge is 1.71. The van der Waals surface area contributed by atoms with Crippen molar-refractivity contribution in [2.24, 2.45) is 0 Å². The van der Waals surface area contributed by atoms with Gasteiger partial charge in [0, 0.05) is 30.2 Å². The largest absolute Gasteiger partial charge is 0 e. The van der Waals surface area contributed by atoms with Gasteiger partial charge in [-0.15, -0.1) is 0 Å². The van der Waals surface area contributed by atoms with Crippen LogP contribution in [0.4, 0.5) is 0 Å². The van der Waals surface area contributed by atoms with Gasteiger partial charge in [-0.25, -0.2) is 0 Å². The molecule has 1 rings (SSSR count). The van der Waals surface area contributed by atoms with Crippen LogP contribution in [0.3, 0.4) is 0 Å². The Bertz CT molecular complexity index is 40.4. The van der Waals surface area contributed by atoms with Crippen molar-refractivity contribution in [2.75, 3.05) is 0 Å². The van der Waals surface area contributed by atoms with Crippen molar-refractivity contribution in [1.29, 1.82) is 0 Å². The van der Waals surface area contributed by atoms with E-state index in [1.165, 1.54) is 0 Å². The third-order valence-corrected chi connectivity index (χ3v) is 13.0. The van der Waals surface area contributed by atoms with Crippen LogP contribution in [0.5, 0.6) is 0 Å². The molecule has 0 saturated carbocycles. The molecule has 4 heteroatoms. The second-order valence-corrected chi connectivity index (χ2v) is 9.66. The Labute approximate surface area is 31.0 Å². The molecule has 0 aromatic heterocycles. The van der Waals surface area contributed by atoms with E-state index in [4.69, 9.17) is 0 Å². The van der Waals surface area contributed by atoms with Crippen molar-refractivity contribution >= 4 is 30.2 Å². The fraction of sp³-hybridized carbons (Fsp3) is 0. The Hall–Kier alpha value is 1.20. The van der Waals surface area contributed by atoms with E-state index in [2.05, 4.69) is 0 Å². The van der Waals surface area contributed by atoms with Gasteiger partial charge in [-0.05, 0) is 0 Å². The minimum atomic E-state index is 1.61. The zero-order valence-corrected chi connectivity index (χ0v) is 5.37. The standard InChI is InChI=1S/P4/c1-2-4-3-1. The minimum Gasteiger partial charge on any atom is 0 e. The van der Waals surface area contributed by atoms with Crippen LogP contribution in [0, 0.1) is 0 Å². The van der Waals surface area contributed by atoms with Gasteiger partial charge in [0.25, 0.3) is 0 Å². The molecule has 0 N–H and O–H groups in total. The van der Waals surface area contributed by atoms with Gasteiger partial charge in [-0.2, -0.15) is 0 Å². The molecule has 0 nitrogen and oxygen atoms in total. The highest BCUT2D eigenvalue weighted by atomic mass is 32.7. The molecule has 0 atom stereocenters. The van der Waals surface area contributed by atoms with Crippen LogP contribution >= 0.6 is 30.2 Å². The van der Waals surface area contributed by atoms with Crippen molar-refractivity contribution < 1.29 is 0 Å². The van der Waals surface area contributed by atoms with Gasteiger partial charge in [-0.3, -0.25) is 0 Å². The van der Waals surface area contributed by atoms with E-state index in [1.54, 1.807) is 30.2 Å². The van der Waals surface area contributed by atoms with Gasteiger partial charge >= 0.3 is 0 Å². The second kappa shape index (κ2) is 1.59. The Kier molecular flexibility index (Phi) is 1.35. The smallest absolute Gasteiger partial charge is 0 e. The summed E-state index contributed by atoms with van der Waals surface area (Å²) in [6.07, 6.45) is 0. The first-order valence-electron chi connectivity index (χ1n) is 0.800. The zero-order chi connectivity index (χ0) is 2.83. The molecule has 20 valence electrons. The van der Waals surface area contributed by atoms with Crippen LogP contribution in [0.1, 0.15) is 0 Å². The van der Waals surface area contributed by atoms with Gasteiger partial charge in [0.1, 0.15) is 0 Å². The fourth-order valence-corrected chi connectivity index (χ4v) is 3.24. The molecule has 0 amide bonds. The van der Waals surface area contributed by atoms with Crippen molar-refractivity contribution in [3.63, 3.8) is 0 Å². The van der Waals surface area contributed by atoms with Crippen molar-refractivity contribution in [1.82, 2.24) is 0 Å². The molecule has 1 heterocycles.